The minimum absolute atomic E-state index is 0.0556. The lowest BCUT2D eigenvalue weighted by atomic mass is 10.2. The molecule has 0 aliphatic carbocycles. The van der Waals surface area contributed by atoms with Gasteiger partial charge in [-0.1, -0.05) is 0 Å². The van der Waals surface area contributed by atoms with Crippen LogP contribution in [0.5, 0.6) is 0 Å². The number of hydrogen-bond acceptors (Lipinski definition) is 6. The van der Waals surface area contributed by atoms with Crippen molar-refractivity contribution in [3.63, 3.8) is 0 Å². The van der Waals surface area contributed by atoms with Crippen molar-refractivity contribution in [2.45, 2.75) is 19.9 Å². The first-order valence-electron chi connectivity index (χ1n) is 6.37. The molecule has 0 saturated carbocycles. The van der Waals surface area contributed by atoms with Crippen molar-refractivity contribution >= 4 is 11.8 Å². The van der Waals surface area contributed by atoms with E-state index in [1.807, 2.05) is 31.6 Å². The molecule has 0 spiro atoms. The Kier molecular flexibility index (Phi) is 4.19. The molecule has 0 radical (unpaired) electrons. The molecule has 7 nitrogen and oxygen atoms in total. The van der Waals surface area contributed by atoms with Gasteiger partial charge in [0.15, 0.2) is 0 Å². The first kappa shape index (κ1) is 14.3. The molecular formula is C13H20N6O. The number of aromatic nitrogens is 4. The molecule has 2 aromatic heterocycles. The van der Waals surface area contributed by atoms with Gasteiger partial charge in [-0.3, -0.25) is 4.68 Å². The summed E-state index contributed by atoms with van der Waals surface area (Å²) in [5.74, 6) is 0.982. The molecule has 0 bridgehead atoms. The number of nitrogen functional groups attached to an aromatic ring is 1. The predicted octanol–water partition coefficient (Wildman–Crippen LogP) is 1.21. The van der Waals surface area contributed by atoms with Gasteiger partial charge in [0, 0.05) is 31.6 Å². The van der Waals surface area contributed by atoms with Crippen LogP contribution in [0.4, 0.5) is 11.8 Å². The molecule has 0 aromatic carbocycles. The zero-order valence-corrected chi connectivity index (χ0v) is 12.2. The monoisotopic (exact) mass is 276 g/mol. The van der Waals surface area contributed by atoms with E-state index in [2.05, 4.69) is 20.4 Å². The molecule has 20 heavy (non-hydrogen) atoms. The van der Waals surface area contributed by atoms with E-state index in [1.54, 1.807) is 13.3 Å². The Bertz CT molecular complexity index is 595. The molecule has 0 fully saturated rings. The van der Waals surface area contributed by atoms with Gasteiger partial charge in [0.2, 0.25) is 5.95 Å². The summed E-state index contributed by atoms with van der Waals surface area (Å²) in [5.41, 5.74) is 8.57. The highest BCUT2D eigenvalue weighted by Crippen LogP contribution is 2.22. The Hall–Kier alpha value is -2.15. The van der Waals surface area contributed by atoms with Crippen LogP contribution in [-0.4, -0.2) is 33.5 Å². The topological polar surface area (TPSA) is 90.9 Å². The van der Waals surface area contributed by atoms with Gasteiger partial charge in [0.05, 0.1) is 18.3 Å². The molecular weight excluding hydrogens is 256 g/mol. The van der Waals surface area contributed by atoms with Crippen molar-refractivity contribution in [1.29, 1.82) is 0 Å². The maximum absolute atomic E-state index is 5.72. The van der Waals surface area contributed by atoms with E-state index in [-0.39, 0.29) is 12.0 Å². The minimum Gasteiger partial charge on any atom is -0.382 e. The third-order valence-corrected chi connectivity index (χ3v) is 3.27. The van der Waals surface area contributed by atoms with Gasteiger partial charge in [0.25, 0.3) is 0 Å². The van der Waals surface area contributed by atoms with Crippen LogP contribution >= 0.6 is 0 Å². The molecule has 0 saturated heterocycles. The zero-order chi connectivity index (χ0) is 14.7. The summed E-state index contributed by atoms with van der Waals surface area (Å²) in [4.78, 5) is 8.41. The quantitative estimate of drug-likeness (QED) is 0.853. The van der Waals surface area contributed by atoms with Crippen molar-refractivity contribution in [3.8, 4) is 0 Å². The maximum atomic E-state index is 5.72. The van der Waals surface area contributed by atoms with Crippen molar-refractivity contribution in [2.24, 2.45) is 7.05 Å². The van der Waals surface area contributed by atoms with Crippen LogP contribution in [0.3, 0.4) is 0 Å². The Morgan fingerprint density at radius 1 is 1.40 bits per heavy atom. The highest BCUT2D eigenvalue weighted by atomic mass is 16.5. The molecule has 1 atom stereocenters. The minimum atomic E-state index is -0.0556. The Labute approximate surface area is 118 Å². The summed E-state index contributed by atoms with van der Waals surface area (Å²) in [5, 5.41) is 7.54. The molecule has 0 unspecified atom stereocenters. The standard InChI is InChI=1S/C13H20N6O/c1-8-9(2)16-13(14)18-12(8)17-10(7-20-4)11-5-6-15-19(11)3/h5-6,10H,7H2,1-4H3,(H3,14,16,17,18)/t10-/m1/s1. The number of methoxy groups -OCH3 is 1. The fraction of sp³-hybridized carbons (Fsp3) is 0.462. The number of rotatable bonds is 5. The Morgan fingerprint density at radius 2 is 2.15 bits per heavy atom. The summed E-state index contributed by atoms with van der Waals surface area (Å²) >= 11 is 0. The lowest BCUT2D eigenvalue weighted by molar-refractivity contribution is 0.184. The van der Waals surface area contributed by atoms with Crippen LogP contribution in [0.25, 0.3) is 0 Å². The highest BCUT2D eigenvalue weighted by Gasteiger charge is 2.17. The van der Waals surface area contributed by atoms with Gasteiger partial charge in [0.1, 0.15) is 5.82 Å². The van der Waals surface area contributed by atoms with Crippen LogP contribution in [0, 0.1) is 13.8 Å². The average Bonchev–Trinajstić information content (AvgIpc) is 2.81. The molecule has 0 amide bonds. The summed E-state index contributed by atoms with van der Waals surface area (Å²) in [6.07, 6.45) is 1.76. The fourth-order valence-electron chi connectivity index (χ4n) is 2.05. The van der Waals surface area contributed by atoms with Crippen LogP contribution in [-0.2, 0) is 11.8 Å². The second kappa shape index (κ2) is 5.87. The van der Waals surface area contributed by atoms with E-state index >= 15 is 0 Å². The molecule has 2 heterocycles. The Balaban J connectivity index is 2.32. The molecule has 3 N–H and O–H groups in total. The van der Waals surface area contributed by atoms with Crippen molar-refractivity contribution in [1.82, 2.24) is 19.7 Å². The van der Waals surface area contributed by atoms with Gasteiger partial charge >= 0.3 is 0 Å². The van der Waals surface area contributed by atoms with Gasteiger partial charge in [-0.15, -0.1) is 0 Å². The third-order valence-electron chi connectivity index (χ3n) is 3.27. The smallest absolute Gasteiger partial charge is 0.222 e. The molecule has 7 heteroatoms. The number of nitrogens with two attached hydrogens (primary N) is 1. The van der Waals surface area contributed by atoms with E-state index in [0.717, 1.165) is 22.8 Å². The van der Waals surface area contributed by atoms with Gasteiger partial charge < -0.3 is 15.8 Å². The number of hydrogen-bond donors (Lipinski definition) is 2. The third kappa shape index (κ3) is 2.88. The zero-order valence-electron chi connectivity index (χ0n) is 12.2. The van der Waals surface area contributed by atoms with E-state index in [9.17, 15) is 0 Å². The lowest BCUT2D eigenvalue weighted by Gasteiger charge is -2.20. The van der Waals surface area contributed by atoms with Gasteiger partial charge in [-0.05, 0) is 19.9 Å². The Morgan fingerprint density at radius 3 is 2.75 bits per heavy atom. The van der Waals surface area contributed by atoms with E-state index in [4.69, 9.17) is 10.5 Å². The highest BCUT2D eigenvalue weighted by molar-refractivity contribution is 5.49. The number of ether oxygens (including phenoxy) is 1. The average molecular weight is 276 g/mol. The summed E-state index contributed by atoms with van der Waals surface area (Å²) in [6.45, 7) is 4.38. The summed E-state index contributed by atoms with van der Waals surface area (Å²) < 4.78 is 7.09. The van der Waals surface area contributed by atoms with Gasteiger partial charge in [-0.2, -0.15) is 10.1 Å². The summed E-state index contributed by atoms with van der Waals surface area (Å²) in [6, 6.07) is 1.89. The summed E-state index contributed by atoms with van der Waals surface area (Å²) in [7, 11) is 3.56. The number of anilines is 2. The van der Waals surface area contributed by atoms with Crippen LogP contribution in [0.2, 0.25) is 0 Å². The normalized spacial score (nSPS) is 12.4. The number of nitrogens with zero attached hydrogens (tertiary/aromatic N) is 4. The largest absolute Gasteiger partial charge is 0.382 e. The SMILES string of the molecule is COC[C@@H](Nc1nc(N)nc(C)c1C)c1ccnn1C. The molecule has 108 valence electrons. The maximum Gasteiger partial charge on any atom is 0.222 e. The molecule has 0 aliphatic rings. The molecule has 2 aromatic rings. The lowest BCUT2D eigenvalue weighted by Crippen LogP contribution is -2.21. The molecule has 0 aliphatic heterocycles. The predicted molar refractivity (Wildman–Crippen MR) is 77.4 cm³/mol. The second-order valence-corrected chi connectivity index (χ2v) is 4.67. The van der Waals surface area contributed by atoms with Crippen LogP contribution in [0.15, 0.2) is 12.3 Å². The number of aryl methyl sites for hydroxylation is 2. The second-order valence-electron chi connectivity index (χ2n) is 4.67. The number of nitrogens with one attached hydrogen (secondary N) is 1. The van der Waals surface area contributed by atoms with Crippen molar-refractivity contribution in [2.75, 3.05) is 24.8 Å². The molecule has 2 rings (SSSR count). The van der Waals surface area contributed by atoms with E-state index < -0.39 is 0 Å². The van der Waals surface area contributed by atoms with Gasteiger partial charge in [-0.25, -0.2) is 4.98 Å². The first-order valence-corrected chi connectivity index (χ1v) is 6.37. The van der Waals surface area contributed by atoms with Crippen LogP contribution < -0.4 is 11.1 Å². The van der Waals surface area contributed by atoms with Crippen LogP contribution in [0.1, 0.15) is 23.0 Å². The van der Waals surface area contributed by atoms with E-state index in [1.165, 1.54) is 0 Å². The first-order chi connectivity index (χ1) is 9.52. The van der Waals surface area contributed by atoms with Crippen molar-refractivity contribution < 1.29 is 4.74 Å². The van der Waals surface area contributed by atoms with Crippen molar-refractivity contribution in [3.05, 3.63) is 29.2 Å². The van der Waals surface area contributed by atoms with E-state index in [0.29, 0.717) is 6.61 Å². The fourth-order valence-corrected chi connectivity index (χ4v) is 2.05.